The Bertz CT molecular complexity index is 178. The largest absolute Gasteiger partial charge is 0.466 e. The Hall–Kier alpha value is 0.850. The molecule has 0 rings (SSSR count). The molecule has 0 aliphatic rings. The maximum Gasteiger partial charge on any atom is 0.466 e. The second kappa shape index (κ2) is 5.80. The first kappa shape index (κ1) is 17.3. The first-order valence-corrected chi connectivity index (χ1v) is 7.13. The minimum absolute atomic E-state index is 0.514. The van der Waals surface area contributed by atoms with Crippen LogP contribution in [0.2, 0.25) is 7.27 Å². The van der Waals surface area contributed by atoms with E-state index in [1.807, 2.05) is 0 Å². The summed E-state index contributed by atoms with van der Waals surface area (Å²) in [5.41, 5.74) is 0. The van der Waals surface area contributed by atoms with E-state index < -0.39 is 7.82 Å². The van der Waals surface area contributed by atoms with Crippen molar-refractivity contribution in [1.82, 2.24) is 0 Å². The van der Waals surface area contributed by atoms with Gasteiger partial charge in [-0.05, 0) is 0 Å². The molecule has 0 aromatic heterocycles. The first-order valence-electron chi connectivity index (χ1n) is 4.08. The summed E-state index contributed by atoms with van der Waals surface area (Å²) in [6.07, 6.45) is 0. The Kier molecular flexibility index (Phi) is 7.15. The maximum atomic E-state index is 8.88. The molecule has 0 aromatic rings. The van der Waals surface area contributed by atoms with Gasteiger partial charge in [0.15, 0.2) is 0 Å². The summed E-state index contributed by atoms with van der Waals surface area (Å²) in [7, 11) is -4.64. The molecule has 0 bridgehead atoms. The Morgan fingerprint density at radius 2 is 1.00 bits per heavy atom. The zero-order valence-electron chi connectivity index (χ0n) is 9.50. The van der Waals surface area contributed by atoms with Crippen molar-refractivity contribution in [3.05, 3.63) is 0 Å². The third-order valence-corrected chi connectivity index (χ3v) is 2.68. The molecule has 0 saturated heterocycles. The molecule has 0 heterocycles. The van der Waals surface area contributed by atoms with E-state index in [-0.39, 0.29) is 0 Å². The summed E-state index contributed by atoms with van der Waals surface area (Å²) in [6.45, 7) is 13.8. The van der Waals surface area contributed by atoms with E-state index >= 15 is 0 Å². The van der Waals surface area contributed by atoms with Crippen LogP contribution in [0.4, 0.5) is 0 Å². The summed E-state index contributed by atoms with van der Waals surface area (Å²) < 4.78 is 9.91. The molecule has 93 valence electrons. The Morgan fingerprint density at radius 3 is 1.00 bits per heavy atom. The van der Waals surface area contributed by atoms with Crippen LogP contribution in [0, 0.1) is 0 Å². The zero-order valence-corrected chi connectivity index (χ0v) is 11.9. The summed E-state index contributed by atoms with van der Waals surface area (Å²) >= 11 is 1.03. The van der Waals surface area contributed by atoms with Gasteiger partial charge in [-0.15, -0.1) is 0 Å². The molecule has 0 aromatic carbocycles. The zero-order chi connectivity index (χ0) is 12.2. The molecule has 14 heavy (non-hydrogen) atoms. The Morgan fingerprint density at radius 1 is 0.857 bits per heavy atom. The van der Waals surface area contributed by atoms with Gasteiger partial charge in [-0.25, -0.2) is 4.57 Å². The van der Waals surface area contributed by atoms with Crippen molar-refractivity contribution in [2.45, 2.75) is 48.8 Å². The molecule has 4 nitrogen and oxygen atoms in total. The number of hydrogen-bond donors (Lipinski definition) is 3. The standard InChI is InChI=1S/2C4H9.Ag.H3O4P/c2*1-4(2)3;;1-5(2,3)4/h2*1-3H3;;(H3,1,2,3,4). The van der Waals surface area contributed by atoms with Crippen LogP contribution in [-0.2, 0) is 24.3 Å². The van der Waals surface area contributed by atoms with E-state index in [0.29, 0.717) is 7.27 Å². The monoisotopic (exact) mass is 319 g/mol. The fraction of sp³-hybridized carbons (Fsp3) is 1.00. The third kappa shape index (κ3) is 38.5. The maximum absolute atomic E-state index is 8.88. The van der Waals surface area contributed by atoms with Gasteiger partial charge in [0.25, 0.3) is 0 Å². The average molecular weight is 320 g/mol. The molecule has 0 fully saturated rings. The van der Waals surface area contributed by atoms with Crippen molar-refractivity contribution in [2.75, 3.05) is 0 Å². The van der Waals surface area contributed by atoms with Crippen molar-refractivity contribution in [2.24, 2.45) is 0 Å². The van der Waals surface area contributed by atoms with Gasteiger partial charge in [0, 0.05) is 0 Å². The van der Waals surface area contributed by atoms with Crippen LogP contribution in [0.5, 0.6) is 0 Å². The van der Waals surface area contributed by atoms with Gasteiger partial charge in [0.05, 0.1) is 0 Å². The topological polar surface area (TPSA) is 77.8 Å². The van der Waals surface area contributed by atoms with E-state index in [2.05, 4.69) is 41.5 Å². The van der Waals surface area contributed by atoms with Crippen LogP contribution < -0.4 is 0 Å². The molecule has 0 unspecified atom stereocenters. The second-order valence-electron chi connectivity index (χ2n) is 4.49. The summed E-state index contributed by atoms with van der Waals surface area (Å²) in [5, 5.41) is 0. The number of hydrogen-bond acceptors (Lipinski definition) is 1. The van der Waals surface area contributed by atoms with Gasteiger partial charge in [-0.3, -0.25) is 0 Å². The van der Waals surface area contributed by atoms with Crippen LogP contribution in [0.15, 0.2) is 0 Å². The molecule has 0 amide bonds. The van der Waals surface area contributed by atoms with Crippen LogP contribution in [-0.4, -0.2) is 14.7 Å². The van der Waals surface area contributed by atoms with Gasteiger partial charge in [0.1, 0.15) is 0 Å². The number of phosphoric acid groups is 1. The van der Waals surface area contributed by atoms with E-state index in [1.54, 1.807) is 0 Å². The molecule has 0 aliphatic carbocycles. The van der Waals surface area contributed by atoms with Crippen molar-refractivity contribution >= 4 is 7.82 Å². The second-order valence-corrected chi connectivity index (χ2v) is 10.3. The molecule has 3 N–H and O–H groups in total. The van der Waals surface area contributed by atoms with E-state index in [1.165, 1.54) is 0 Å². The van der Waals surface area contributed by atoms with Crippen LogP contribution >= 0.6 is 7.82 Å². The average Bonchev–Trinajstić information content (AvgIpc) is 1.42. The molecule has 0 aliphatic heterocycles. The molecule has 6 heteroatoms. The molecular formula is C8H21AgO4P. The Balaban J connectivity index is 0. The van der Waals surface area contributed by atoms with Gasteiger partial charge < -0.3 is 14.7 Å². The fourth-order valence-electron chi connectivity index (χ4n) is 0.678. The Labute approximate surface area is 95.7 Å². The van der Waals surface area contributed by atoms with E-state index in [9.17, 15) is 0 Å². The minimum Gasteiger partial charge on any atom is -0.303 e. The summed E-state index contributed by atoms with van der Waals surface area (Å²) in [4.78, 5) is 21.6. The predicted molar refractivity (Wildman–Crippen MR) is 53.7 cm³/mol. The molecular weight excluding hydrogens is 299 g/mol. The minimum atomic E-state index is -4.64. The first-order chi connectivity index (χ1) is 5.71. The fourth-order valence-corrected chi connectivity index (χ4v) is 4.01. The van der Waals surface area contributed by atoms with Crippen LogP contribution in [0.1, 0.15) is 41.5 Å². The molecule has 0 radical (unpaired) electrons. The van der Waals surface area contributed by atoms with Gasteiger partial charge in [-0.1, -0.05) is 0 Å². The predicted octanol–water partition coefficient (Wildman–Crippen LogP) is 2.58. The molecule has 0 saturated carbocycles. The van der Waals surface area contributed by atoms with Crippen molar-refractivity contribution in [1.29, 1.82) is 0 Å². The van der Waals surface area contributed by atoms with Crippen molar-refractivity contribution in [3.63, 3.8) is 0 Å². The third-order valence-electron chi connectivity index (χ3n) is 0.452. The SMILES string of the molecule is C[C](C)(C)[Ag][C](C)(C)C.O=P(O)(O)O. The summed E-state index contributed by atoms with van der Waals surface area (Å²) in [6, 6.07) is 0. The smallest absolute Gasteiger partial charge is 0.303 e. The molecule has 0 atom stereocenters. The molecule has 0 spiro atoms. The van der Waals surface area contributed by atoms with Crippen molar-refractivity contribution in [3.8, 4) is 0 Å². The van der Waals surface area contributed by atoms with Gasteiger partial charge >= 0.3 is 76.4 Å². The van der Waals surface area contributed by atoms with Gasteiger partial charge in [0.2, 0.25) is 0 Å². The van der Waals surface area contributed by atoms with Crippen LogP contribution in [0.3, 0.4) is 0 Å². The van der Waals surface area contributed by atoms with E-state index in [4.69, 9.17) is 19.2 Å². The normalized spacial score (nSPS) is 13.5. The van der Waals surface area contributed by atoms with Crippen LogP contribution in [0.25, 0.3) is 0 Å². The van der Waals surface area contributed by atoms with E-state index in [0.717, 1.165) is 19.8 Å². The van der Waals surface area contributed by atoms with Gasteiger partial charge in [-0.2, -0.15) is 0 Å². The number of rotatable bonds is 0. The van der Waals surface area contributed by atoms with Crippen molar-refractivity contribution < 1.29 is 39.0 Å². The summed E-state index contributed by atoms with van der Waals surface area (Å²) in [5.74, 6) is 0. The quantitative estimate of drug-likeness (QED) is 0.473.